The molecule has 0 aliphatic heterocycles. The molecule has 3 nitrogen and oxygen atoms in total. The van der Waals surface area contributed by atoms with Crippen molar-refractivity contribution in [1.82, 2.24) is 0 Å². The van der Waals surface area contributed by atoms with Gasteiger partial charge in [-0.15, -0.1) is 11.6 Å². The lowest BCUT2D eigenvalue weighted by atomic mass is 10.3. The van der Waals surface area contributed by atoms with Gasteiger partial charge in [0.05, 0.1) is 22.8 Å². The number of ether oxygens (including phenoxy) is 1. The number of alkyl halides is 1. The van der Waals surface area contributed by atoms with E-state index in [9.17, 15) is 8.42 Å². The van der Waals surface area contributed by atoms with E-state index < -0.39 is 9.84 Å². The Bertz CT molecular complexity index is 472. The predicted molar refractivity (Wildman–Crippen MR) is 70.0 cm³/mol. The molecule has 0 radical (unpaired) electrons. The van der Waals surface area contributed by atoms with E-state index in [-0.39, 0.29) is 10.6 Å². The quantitative estimate of drug-likeness (QED) is 0.598. The molecule has 1 aromatic rings. The Labute approximate surface area is 112 Å². The predicted octanol–water partition coefficient (Wildman–Crippen LogP) is 3.14. The van der Waals surface area contributed by atoms with E-state index in [0.717, 1.165) is 0 Å². The summed E-state index contributed by atoms with van der Waals surface area (Å²) in [4.78, 5) is 0.220. The molecule has 0 heterocycles. The summed E-state index contributed by atoms with van der Waals surface area (Å²) in [5.74, 6) is 1.02. The average molecular weight is 297 g/mol. The fraction of sp³-hybridized carbons (Fsp3) is 0.455. The Hall–Kier alpha value is -0.450. The number of benzene rings is 1. The summed E-state index contributed by atoms with van der Waals surface area (Å²) < 4.78 is 28.8. The molecule has 0 bridgehead atoms. The molecule has 6 heteroatoms. The lowest BCUT2D eigenvalue weighted by Crippen LogP contribution is -2.07. The van der Waals surface area contributed by atoms with Gasteiger partial charge in [0.25, 0.3) is 0 Å². The van der Waals surface area contributed by atoms with Crippen LogP contribution in [0.3, 0.4) is 0 Å². The zero-order chi connectivity index (χ0) is 12.9. The normalized spacial score (nSPS) is 11.5. The van der Waals surface area contributed by atoms with Gasteiger partial charge in [-0.2, -0.15) is 0 Å². The van der Waals surface area contributed by atoms with Crippen molar-refractivity contribution in [3.63, 3.8) is 0 Å². The van der Waals surface area contributed by atoms with E-state index in [2.05, 4.69) is 0 Å². The molecule has 0 N–H and O–H groups in total. The van der Waals surface area contributed by atoms with Gasteiger partial charge in [-0.05, 0) is 31.0 Å². The standard InChI is InChI=1S/C11H14Cl2O3S/c1-16-11-5-4-9(8-10(11)13)17(14,15)7-3-2-6-12/h4-5,8H,2-3,6-7H2,1H3. The number of halogens is 2. The molecule has 0 atom stereocenters. The molecule has 0 aliphatic carbocycles. The van der Waals surface area contributed by atoms with Gasteiger partial charge >= 0.3 is 0 Å². The minimum absolute atomic E-state index is 0.0857. The summed E-state index contributed by atoms with van der Waals surface area (Å²) in [6, 6.07) is 4.47. The second-order valence-corrected chi connectivity index (χ2v) is 6.41. The van der Waals surface area contributed by atoms with Gasteiger partial charge in [0.2, 0.25) is 0 Å². The van der Waals surface area contributed by atoms with Crippen molar-refractivity contribution in [2.24, 2.45) is 0 Å². The van der Waals surface area contributed by atoms with Gasteiger partial charge < -0.3 is 4.74 Å². The van der Waals surface area contributed by atoms with Crippen LogP contribution in [0.5, 0.6) is 5.75 Å². The zero-order valence-electron chi connectivity index (χ0n) is 9.45. The van der Waals surface area contributed by atoms with Gasteiger partial charge in [0.1, 0.15) is 5.75 Å². The second-order valence-electron chi connectivity index (χ2n) is 3.51. The van der Waals surface area contributed by atoms with E-state index in [1.165, 1.54) is 19.2 Å². The van der Waals surface area contributed by atoms with Gasteiger partial charge in [-0.3, -0.25) is 0 Å². The van der Waals surface area contributed by atoms with Crippen LogP contribution < -0.4 is 4.74 Å². The molecule has 0 saturated carbocycles. The molecule has 1 aromatic carbocycles. The highest BCUT2D eigenvalue weighted by molar-refractivity contribution is 7.91. The van der Waals surface area contributed by atoms with Crippen molar-refractivity contribution in [3.05, 3.63) is 23.2 Å². The van der Waals surface area contributed by atoms with Crippen molar-refractivity contribution < 1.29 is 13.2 Å². The summed E-state index contributed by atoms with van der Waals surface area (Å²) in [6.45, 7) is 0. The summed E-state index contributed by atoms with van der Waals surface area (Å²) >= 11 is 11.4. The molecule has 0 amide bonds. The molecule has 1 rings (SSSR count). The maximum Gasteiger partial charge on any atom is 0.178 e. The van der Waals surface area contributed by atoms with Crippen molar-refractivity contribution >= 4 is 33.0 Å². The number of unbranched alkanes of at least 4 members (excludes halogenated alkanes) is 1. The molecule has 0 aromatic heterocycles. The molecule has 0 fully saturated rings. The molecule has 0 spiro atoms. The Morgan fingerprint density at radius 2 is 2.00 bits per heavy atom. The minimum Gasteiger partial charge on any atom is -0.495 e. The maximum absolute atomic E-state index is 11.9. The number of rotatable bonds is 6. The van der Waals surface area contributed by atoms with Gasteiger partial charge in [0.15, 0.2) is 9.84 Å². The summed E-state index contributed by atoms with van der Waals surface area (Å²) in [6.07, 6.45) is 1.24. The van der Waals surface area contributed by atoms with Crippen molar-refractivity contribution in [1.29, 1.82) is 0 Å². The third-order valence-corrected chi connectivity index (χ3v) is 4.64. The van der Waals surface area contributed by atoms with Crippen LogP contribution in [0.25, 0.3) is 0 Å². The van der Waals surface area contributed by atoms with Crippen LogP contribution in [0.4, 0.5) is 0 Å². The number of hydrogen-bond donors (Lipinski definition) is 0. The monoisotopic (exact) mass is 296 g/mol. The Morgan fingerprint density at radius 1 is 1.29 bits per heavy atom. The third kappa shape index (κ3) is 4.05. The maximum atomic E-state index is 11.9. The first-order valence-electron chi connectivity index (χ1n) is 5.13. The zero-order valence-corrected chi connectivity index (χ0v) is 11.8. The Balaban J connectivity index is 2.88. The SMILES string of the molecule is COc1ccc(S(=O)(=O)CCCCCl)cc1Cl. The first kappa shape index (κ1) is 14.6. The van der Waals surface area contributed by atoms with Crippen LogP contribution in [0.15, 0.2) is 23.1 Å². The number of hydrogen-bond acceptors (Lipinski definition) is 3. The van der Waals surface area contributed by atoms with Crippen LogP contribution in [0, 0.1) is 0 Å². The van der Waals surface area contributed by atoms with Crippen molar-refractivity contribution in [3.8, 4) is 5.75 Å². The van der Waals surface area contributed by atoms with Crippen LogP contribution in [-0.4, -0.2) is 27.2 Å². The molecule has 0 unspecified atom stereocenters. The number of methoxy groups -OCH3 is 1. The van der Waals surface area contributed by atoms with Gasteiger partial charge in [-0.1, -0.05) is 11.6 Å². The fourth-order valence-corrected chi connectivity index (χ4v) is 3.25. The molecule has 96 valence electrons. The molecule has 0 aliphatic rings. The number of sulfone groups is 1. The Kier molecular flexibility index (Phi) is 5.56. The molecular weight excluding hydrogens is 283 g/mol. The van der Waals surface area contributed by atoms with E-state index in [1.54, 1.807) is 6.07 Å². The molecule has 0 saturated heterocycles. The van der Waals surface area contributed by atoms with Crippen LogP contribution in [0.1, 0.15) is 12.8 Å². The van der Waals surface area contributed by atoms with E-state index in [4.69, 9.17) is 27.9 Å². The lowest BCUT2D eigenvalue weighted by Gasteiger charge is -2.07. The topological polar surface area (TPSA) is 43.4 Å². The second kappa shape index (κ2) is 6.47. The van der Waals surface area contributed by atoms with Crippen molar-refractivity contribution in [2.45, 2.75) is 17.7 Å². The summed E-state index contributed by atoms with van der Waals surface area (Å²) in [5.41, 5.74) is 0. The van der Waals surface area contributed by atoms with Crippen LogP contribution >= 0.6 is 23.2 Å². The van der Waals surface area contributed by atoms with Crippen LogP contribution in [-0.2, 0) is 9.84 Å². The first-order valence-corrected chi connectivity index (χ1v) is 7.70. The lowest BCUT2D eigenvalue weighted by molar-refractivity contribution is 0.414. The smallest absolute Gasteiger partial charge is 0.178 e. The minimum atomic E-state index is -3.28. The Morgan fingerprint density at radius 3 is 2.53 bits per heavy atom. The van der Waals surface area contributed by atoms with Gasteiger partial charge in [-0.25, -0.2) is 8.42 Å². The van der Waals surface area contributed by atoms with E-state index in [0.29, 0.717) is 29.5 Å². The van der Waals surface area contributed by atoms with E-state index >= 15 is 0 Å². The fourth-order valence-electron chi connectivity index (χ4n) is 1.34. The highest BCUT2D eigenvalue weighted by Gasteiger charge is 2.15. The largest absolute Gasteiger partial charge is 0.495 e. The molecular formula is C11H14Cl2O3S. The molecule has 17 heavy (non-hydrogen) atoms. The van der Waals surface area contributed by atoms with E-state index in [1.807, 2.05) is 0 Å². The highest BCUT2D eigenvalue weighted by Crippen LogP contribution is 2.27. The summed E-state index contributed by atoms with van der Waals surface area (Å²) in [5, 5.41) is 0.297. The first-order chi connectivity index (χ1) is 8.01. The average Bonchev–Trinajstić information content (AvgIpc) is 2.29. The van der Waals surface area contributed by atoms with Crippen molar-refractivity contribution in [2.75, 3.05) is 18.7 Å². The highest BCUT2D eigenvalue weighted by atomic mass is 35.5. The third-order valence-electron chi connectivity index (χ3n) is 2.28. The summed E-state index contributed by atoms with van der Waals surface area (Å²) in [7, 11) is -1.80. The van der Waals surface area contributed by atoms with Gasteiger partial charge in [0, 0.05) is 5.88 Å². The van der Waals surface area contributed by atoms with Crippen LogP contribution in [0.2, 0.25) is 5.02 Å².